The third-order valence-corrected chi connectivity index (χ3v) is 4.02. The van der Waals surface area contributed by atoms with E-state index in [1.165, 1.54) is 14.0 Å². The quantitative estimate of drug-likeness (QED) is 0.361. The van der Waals surface area contributed by atoms with E-state index in [1.807, 2.05) is 0 Å². The number of rotatable bonds is 9. The van der Waals surface area contributed by atoms with Crippen molar-refractivity contribution < 1.29 is 38.3 Å². The van der Waals surface area contributed by atoms with Crippen LogP contribution in [0.4, 0.5) is 0 Å². The number of carbonyl (C=O) groups is 2. The fourth-order valence-corrected chi connectivity index (χ4v) is 2.76. The lowest BCUT2D eigenvalue weighted by molar-refractivity contribution is -0.141. The van der Waals surface area contributed by atoms with Crippen molar-refractivity contribution in [2.75, 3.05) is 7.11 Å². The first-order valence-electron chi connectivity index (χ1n) is 8.13. The summed E-state index contributed by atoms with van der Waals surface area (Å²) in [6.07, 6.45) is -1.22. The average molecular weight is 430 g/mol. The molecule has 29 heavy (non-hydrogen) atoms. The minimum Gasteiger partial charge on any atom is -0.496 e. The van der Waals surface area contributed by atoms with E-state index in [0.717, 1.165) is 6.92 Å². The van der Waals surface area contributed by atoms with Gasteiger partial charge in [0, 0.05) is 6.92 Å². The molecular formula is C16H22N4O8S. The van der Waals surface area contributed by atoms with E-state index in [0.29, 0.717) is 11.3 Å². The number of benzene rings is 1. The van der Waals surface area contributed by atoms with Crippen molar-refractivity contribution >= 4 is 23.1 Å². The summed E-state index contributed by atoms with van der Waals surface area (Å²) in [5, 5.41) is 33.4. The lowest BCUT2D eigenvalue weighted by Crippen LogP contribution is -2.48. The number of methoxy groups -OCH3 is 1. The van der Waals surface area contributed by atoms with E-state index in [4.69, 9.17) is 24.2 Å². The lowest BCUT2D eigenvalue weighted by atomic mass is 10.2. The van der Waals surface area contributed by atoms with Crippen LogP contribution in [0.15, 0.2) is 28.7 Å². The number of nitrogens with zero attached hydrogens (tertiary/aromatic N) is 2. The number of carboxylic acids is 2. The number of hydrogen-bond acceptors (Lipinski definition) is 8. The molecule has 0 aliphatic carbocycles. The second-order valence-electron chi connectivity index (χ2n) is 5.48. The molecule has 3 unspecified atom stereocenters. The first-order chi connectivity index (χ1) is 13.6. The van der Waals surface area contributed by atoms with Gasteiger partial charge in [-0.15, -0.1) is 10.2 Å². The Hall–Kier alpha value is -2.87. The fraction of sp³-hybridized carbons (Fsp3) is 0.375. The molecule has 5 N–H and O–H groups in total. The second kappa shape index (κ2) is 11.9. The number of nitrogens with one attached hydrogen (secondary N) is 2. The summed E-state index contributed by atoms with van der Waals surface area (Å²) in [6.45, 7) is 2.30. The molecule has 13 heteroatoms. The Balaban J connectivity index is 0.000000960. The highest BCUT2D eigenvalue weighted by atomic mass is 32.2. The van der Waals surface area contributed by atoms with E-state index in [2.05, 4.69) is 19.6 Å². The first-order valence-corrected chi connectivity index (χ1v) is 9.28. The SMILES string of the molecule is CC(=O)O.COc1ccccc1-c1nnc(CNS(=O)NC(C(=O)O)C(C)O)o1. The Labute approximate surface area is 168 Å². The maximum Gasteiger partial charge on any atom is 0.324 e. The summed E-state index contributed by atoms with van der Waals surface area (Å²) >= 11 is -1.93. The van der Waals surface area contributed by atoms with Gasteiger partial charge in [-0.1, -0.05) is 12.1 Å². The molecule has 0 fully saturated rings. The summed E-state index contributed by atoms with van der Waals surface area (Å²) in [7, 11) is 1.52. The van der Waals surface area contributed by atoms with Gasteiger partial charge < -0.3 is 24.5 Å². The number of aliphatic hydroxyl groups excluding tert-OH is 1. The van der Waals surface area contributed by atoms with Crippen molar-refractivity contribution in [1.82, 2.24) is 19.6 Å². The van der Waals surface area contributed by atoms with Gasteiger partial charge in [-0.2, -0.15) is 0 Å². The van der Waals surface area contributed by atoms with Gasteiger partial charge in [0.2, 0.25) is 5.89 Å². The maximum atomic E-state index is 11.8. The Bertz CT molecular complexity index is 838. The molecule has 0 spiro atoms. The Morgan fingerprint density at radius 3 is 2.45 bits per heavy atom. The topological polar surface area (TPSA) is 184 Å². The van der Waals surface area contributed by atoms with Crippen LogP contribution < -0.4 is 14.2 Å². The third kappa shape index (κ3) is 8.35. The van der Waals surface area contributed by atoms with Crippen molar-refractivity contribution in [3.05, 3.63) is 30.2 Å². The predicted molar refractivity (Wildman–Crippen MR) is 101 cm³/mol. The maximum absolute atomic E-state index is 11.8. The highest BCUT2D eigenvalue weighted by Gasteiger charge is 2.25. The van der Waals surface area contributed by atoms with Gasteiger partial charge in [0.15, 0.2) is 11.2 Å². The molecule has 0 amide bonds. The Kier molecular flexibility index (Phi) is 9.88. The normalized spacial score (nSPS) is 13.5. The van der Waals surface area contributed by atoms with E-state index >= 15 is 0 Å². The smallest absolute Gasteiger partial charge is 0.324 e. The van der Waals surface area contributed by atoms with Crippen molar-refractivity contribution in [2.45, 2.75) is 32.5 Å². The van der Waals surface area contributed by atoms with Crippen LogP contribution in [0.3, 0.4) is 0 Å². The number of hydrogen-bond donors (Lipinski definition) is 5. The molecule has 1 aromatic heterocycles. The lowest BCUT2D eigenvalue weighted by Gasteiger charge is -2.15. The van der Waals surface area contributed by atoms with Crippen molar-refractivity contribution in [2.24, 2.45) is 0 Å². The average Bonchev–Trinajstić information content (AvgIpc) is 3.12. The van der Waals surface area contributed by atoms with Crippen LogP contribution in [-0.4, -0.2) is 60.9 Å². The number of aliphatic hydroxyl groups is 1. The molecule has 0 aliphatic rings. The van der Waals surface area contributed by atoms with Crippen LogP contribution in [0.1, 0.15) is 19.7 Å². The fourth-order valence-electron chi connectivity index (χ4n) is 1.89. The zero-order valence-corrected chi connectivity index (χ0v) is 16.7. The Morgan fingerprint density at radius 2 is 1.90 bits per heavy atom. The minimum atomic E-state index is -1.93. The van der Waals surface area contributed by atoms with Gasteiger partial charge in [0.25, 0.3) is 11.9 Å². The zero-order valence-electron chi connectivity index (χ0n) is 15.9. The predicted octanol–water partition coefficient (Wildman–Crippen LogP) is -0.0720. The Morgan fingerprint density at radius 1 is 1.28 bits per heavy atom. The standard InChI is InChI=1S/C14H18N4O6S.C2H4O2/c1-8(19)12(14(20)21)18-25(22)15-7-11-16-17-13(24-11)9-5-3-4-6-10(9)23-2;1-2(3)4/h3-6,8,12,15,18-19H,7H2,1-2H3,(H,20,21);1H3,(H,3,4). The molecule has 160 valence electrons. The molecule has 2 aromatic rings. The van der Waals surface area contributed by atoms with Gasteiger partial charge >= 0.3 is 5.97 Å². The number of para-hydroxylation sites is 1. The summed E-state index contributed by atoms with van der Waals surface area (Å²) in [6, 6.07) is 5.72. The number of aromatic nitrogens is 2. The van der Waals surface area contributed by atoms with Crippen molar-refractivity contribution in [1.29, 1.82) is 0 Å². The van der Waals surface area contributed by atoms with Crippen LogP contribution in [0.5, 0.6) is 5.75 Å². The molecule has 0 aliphatic heterocycles. The van der Waals surface area contributed by atoms with Gasteiger partial charge in [0.1, 0.15) is 11.8 Å². The molecule has 0 bridgehead atoms. The van der Waals surface area contributed by atoms with E-state index in [9.17, 15) is 14.1 Å². The van der Waals surface area contributed by atoms with E-state index in [1.54, 1.807) is 24.3 Å². The zero-order chi connectivity index (χ0) is 22.0. The molecule has 1 aromatic carbocycles. The van der Waals surface area contributed by atoms with E-state index in [-0.39, 0.29) is 18.3 Å². The molecule has 1 heterocycles. The van der Waals surface area contributed by atoms with Gasteiger partial charge in [-0.25, -0.2) is 13.7 Å². The summed E-state index contributed by atoms with van der Waals surface area (Å²) < 4.78 is 27.2. The van der Waals surface area contributed by atoms with Crippen LogP contribution in [0.25, 0.3) is 11.5 Å². The van der Waals surface area contributed by atoms with Gasteiger partial charge in [-0.3, -0.25) is 9.59 Å². The monoisotopic (exact) mass is 430 g/mol. The highest BCUT2D eigenvalue weighted by Crippen LogP contribution is 2.28. The number of aliphatic carboxylic acids is 2. The number of ether oxygens (including phenoxy) is 1. The van der Waals surface area contributed by atoms with Crippen LogP contribution in [0, 0.1) is 0 Å². The summed E-state index contributed by atoms with van der Waals surface area (Å²) in [5.41, 5.74) is 0.614. The molecule has 0 saturated heterocycles. The molecule has 12 nitrogen and oxygen atoms in total. The number of carboxylic acid groups (broad SMARTS) is 2. The second-order valence-corrected chi connectivity index (χ2v) is 6.55. The molecule has 0 radical (unpaired) electrons. The van der Waals surface area contributed by atoms with Gasteiger partial charge in [-0.05, 0) is 19.1 Å². The van der Waals surface area contributed by atoms with Crippen LogP contribution in [-0.2, 0) is 27.3 Å². The minimum absolute atomic E-state index is 0.0616. The molecule has 2 rings (SSSR count). The molecule has 0 saturated carbocycles. The summed E-state index contributed by atoms with van der Waals surface area (Å²) in [4.78, 5) is 19.9. The van der Waals surface area contributed by atoms with Gasteiger partial charge in [0.05, 0.1) is 25.3 Å². The highest BCUT2D eigenvalue weighted by molar-refractivity contribution is 7.81. The van der Waals surface area contributed by atoms with Crippen LogP contribution in [0.2, 0.25) is 0 Å². The van der Waals surface area contributed by atoms with E-state index < -0.39 is 35.3 Å². The first kappa shape index (κ1) is 24.2. The molecule has 3 atom stereocenters. The molecular weight excluding hydrogens is 408 g/mol. The largest absolute Gasteiger partial charge is 0.496 e. The third-order valence-electron chi connectivity index (χ3n) is 3.14. The van der Waals surface area contributed by atoms with Crippen molar-refractivity contribution in [3.63, 3.8) is 0 Å². The van der Waals surface area contributed by atoms with Crippen molar-refractivity contribution in [3.8, 4) is 17.2 Å². The summed E-state index contributed by atoms with van der Waals surface area (Å²) in [5.74, 6) is -1.20. The van der Waals surface area contributed by atoms with Crippen LogP contribution >= 0.6 is 0 Å².